The lowest BCUT2D eigenvalue weighted by Gasteiger charge is -2.32. The third-order valence-electron chi connectivity index (χ3n) is 4.59. The van der Waals surface area contributed by atoms with E-state index in [-0.39, 0.29) is 17.7 Å². The van der Waals surface area contributed by atoms with Gasteiger partial charge in [0.1, 0.15) is 0 Å². The standard InChI is InChI=1S/C19H23N3O2/c1-20(2)18(23)16-9-13-22(14-10-16)19(24)15-5-7-17(8-6-15)21-11-3-4-12-21/h3-8,11-12,16H,9-10,13-14H2,1-2H3. The lowest BCUT2D eigenvalue weighted by Crippen LogP contribution is -2.42. The number of hydrogen-bond donors (Lipinski definition) is 0. The Kier molecular flexibility index (Phi) is 4.69. The van der Waals surface area contributed by atoms with Crippen LogP contribution in [0.15, 0.2) is 48.8 Å². The number of nitrogens with zero attached hydrogens (tertiary/aromatic N) is 3. The van der Waals surface area contributed by atoms with Gasteiger partial charge in [0, 0.05) is 56.7 Å². The fourth-order valence-corrected chi connectivity index (χ4v) is 3.16. The van der Waals surface area contributed by atoms with Crippen molar-refractivity contribution in [3.63, 3.8) is 0 Å². The molecule has 5 heteroatoms. The molecular formula is C19H23N3O2. The van der Waals surface area contributed by atoms with Crippen molar-refractivity contribution >= 4 is 11.8 Å². The number of rotatable bonds is 3. The van der Waals surface area contributed by atoms with E-state index in [1.165, 1.54) is 0 Å². The Morgan fingerprint density at radius 1 is 1.00 bits per heavy atom. The van der Waals surface area contributed by atoms with Gasteiger partial charge in [-0.2, -0.15) is 0 Å². The Balaban J connectivity index is 1.62. The summed E-state index contributed by atoms with van der Waals surface area (Å²) in [6, 6.07) is 11.6. The van der Waals surface area contributed by atoms with Crippen molar-refractivity contribution < 1.29 is 9.59 Å². The highest BCUT2D eigenvalue weighted by Crippen LogP contribution is 2.21. The average molecular weight is 325 g/mol. The SMILES string of the molecule is CN(C)C(=O)C1CCN(C(=O)c2ccc(-n3cccc3)cc2)CC1. The molecule has 3 rings (SSSR count). The van der Waals surface area contributed by atoms with Gasteiger partial charge in [-0.05, 0) is 49.2 Å². The molecule has 5 nitrogen and oxygen atoms in total. The quantitative estimate of drug-likeness (QED) is 0.870. The van der Waals surface area contributed by atoms with Crippen molar-refractivity contribution in [2.45, 2.75) is 12.8 Å². The van der Waals surface area contributed by atoms with Crippen molar-refractivity contribution in [1.29, 1.82) is 0 Å². The number of aromatic nitrogens is 1. The maximum Gasteiger partial charge on any atom is 0.253 e. The zero-order valence-electron chi connectivity index (χ0n) is 14.2. The smallest absolute Gasteiger partial charge is 0.253 e. The number of benzene rings is 1. The average Bonchev–Trinajstić information content (AvgIpc) is 3.15. The molecule has 0 saturated carbocycles. The molecule has 2 heterocycles. The molecule has 0 radical (unpaired) electrons. The van der Waals surface area contributed by atoms with Crippen molar-refractivity contribution in [3.8, 4) is 5.69 Å². The molecule has 0 unspecified atom stereocenters. The van der Waals surface area contributed by atoms with Crippen LogP contribution in [-0.4, -0.2) is 53.4 Å². The summed E-state index contributed by atoms with van der Waals surface area (Å²) in [5.41, 5.74) is 1.73. The summed E-state index contributed by atoms with van der Waals surface area (Å²) in [5, 5.41) is 0. The second-order valence-electron chi connectivity index (χ2n) is 6.44. The maximum atomic E-state index is 12.6. The van der Waals surface area contributed by atoms with E-state index in [2.05, 4.69) is 0 Å². The number of hydrogen-bond acceptors (Lipinski definition) is 2. The van der Waals surface area contributed by atoms with Gasteiger partial charge in [-0.25, -0.2) is 0 Å². The fourth-order valence-electron chi connectivity index (χ4n) is 3.16. The van der Waals surface area contributed by atoms with Crippen LogP contribution in [-0.2, 0) is 4.79 Å². The van der Waals surface area contributed by atoms with Crippen molar-refractivity contribution in [2.75, 3.05) is 27.2 Å². The van der Waals surface area contributed by atoms with Gasteiger partial charge >= 0.3 is 0 Å². The topological polar surface area (TPSA) is 45.6 Å². The predicted octanol–water partition coefficient (Wildman–Crippen LogP) is 2.42. The van der Waals surface area contributed by atoms with E-state index in [9.17, 15) is 9.59 Å². The summed E-state index contributed by atoms with van der Waals surface area (Å²) < 4.78 is 2.01. The largest absolute Gasteiger partial charge is 0.349 e. The van der Waals surface area contributed by atoms with E-state index in [1.807, 2.05) is 58.3 Å². The first-order valence-electron chi connectivity index (χ1n) is 8.30. The zero-order chi connectivity index (χ0) is 17.1. The Hall–Kier alpha value is -2.56. The van der Waals surface area contributed by atoms with Crippen molar-refractivity contribution in [3.05, 3.63) is 54.4 Å². The van der Waals surface area contributed by atoms with Crippen LogP contribution in [0.4, 0.5) is 0 Å². The lowest BCUT2D eigenvalue weighted by atomic mass is 9.95. The van der Waals surface area contributed by atoms with E-state index in [0.29, 0.717) is 18.7 Å². The first-order valence-corrected chi connectivity index (χ1v) is 8.30. The number of piperidine rings is 1. The molecule has 1 saturated heterocycles. The van der Waals surface area contributed by atoms with Gasteiger partial charge in [-0.15, -0.1) is 0 Å². The van der Waals surface area contributed by atoms with Gasteiger partial charge in [0.15, 0.2) is 0 Å². The minimum absolute atomic E-state index is 0.0418. The summed E-state index contributed by atoms with van der Waals surface area (Å²) in [7, 11) is 3.57. The van der Waals surface area contributed by atoms with Crippen LogP contribution in [0.25, 0.3) is 5.69 Å². The minimum atomic E-state index is 0.0418. The molecule has 0 aliphatic carbocycles. The predicted molar refractivity (Wildman–Crippen MR) is 93.1 cm³/mol. The van der Waals surface area contributed by atoms with Gasteiger partial charge in [0.05, 0.1) is 0 Å². The minimum Gasteiger partial charge on any atom is -0.349 e. The van der Waals surface area contributed by atoms with Crippen molar-refractivity contribution in [1.82, 2.24) is 14.4 Å². The van der Waals surface area contributed by atoms with Crippen LogP contribution in [0.2, 0.25) is 0 Å². The molecule has 24 heavy (non-hydrogen) atoms. The molecule has 2 amide bonds. The molecule has 0 spiro atoms. The summed E-state index contributed by atoms with van der Waals surface area (Å²) >= 11 is 0. The fraction of sp³-hybridized carbons (Fsp3) is 0.368. The van der Waals surface area contributed by atoms with Gasteiger partial charge in [-0.1, -0.05) is 0 Å². The van der Waals surface area contributed by atoms with Gasteiger partial charge in [0.25, 0.3) is 5.91 Å². The second-order valence-corrected chi connectivity index (χ2v) is 6.44. The normalized spacial score (nSPS) is 15.3. The summed E-state index contributed by atoms with van der Waals surface area (Å²) in [4.78, 5) is 28.1. The van der Waals surface area contributed by atoms with Crippen molar-refractivity contribution in [2.24, 2.45) is 5.92 Å². The van der Waals surface area contributed by atoms with Crippen LogP contribution >= 0.6 is 0 Å². The highest BCUT2D eigenvalue weighted by atomic mass is 16.2. The molecule has 2 aromatic rings. The first-order chi connectivity index (χ1) is 11.6. The van der Waals surface area contributed by atoms with E-state index in [4.69, 9.17) is 0 Å². The van der Waals surface area contributed by atoms with E-state index in [1.54, 1.807) is 19.0 Å². The van der Waals surface area contributed by atoms with Crippen LogP contribution in [0.5, 0.6) is 0 Å². The lowest BCUT2D eigenvalue weighted by molar-refractivity contribution is -0.134. The molecule has 1 fully saturated rings. The Morgan fingerprint density at radius 3 is 2.12 bits per heavy atom. The van der Waals surface area contributed by atoms with E-state index < -0.39 is 0 Å². The third-order valence-corrected chi connectivity index (χ3v) is 4.59. The van der Waals surface area contributed by atoms with Crippen LogP contribution < -0.4 is 0 Å². The van der Waals surface area contributed by atoms with Gasteiger partial charge in [-0.3, -0.25) is 9.59 Å². The highest BCUT2D eigenvalue weighted by Gasteiger charge is 2.28. The van der Waals surface area contributed by atoms with Crippen LogP contribution in [0, 0.1) is 5.92 Å². The number of carbonyl (C=O) groups excluding carboxylic acids is 2. The Labute approximate surface area is 142 Å². The summed E-state index contributed by atoms with van der Waals surface area (Å²) in [5.74, 6) is 0.253. The first kappa shape index (κ1) is 16.3. The van der Waals surface area contributed by atoms with E-state index in [0.717, 1.165) is 18.5 Å². The molecule has 0 N–H and O–H groups in total. The molecule has 1 aliphatic heterocycles. The van der Waals surface area contributed by atoms with Gasteiger partial charge in [0.2, 0.25) is 5.91 Å². The molecule has 1 aliphatic rings. The molecular weight excluding hydrogens is 302 g/mol. The number of likely N-dealkylation sites (tertiary alicyclic amines) is 1. The maximum absolute atomic E-state index is 12.6. The molecule has 0 atom stereocenters. The number of carbonyl (C=O) groups is 2. The Morgan fingerprint density at radius 2 is 1.58 bits per heavy atom. The molecule has 126 valence electrons. The van der Waals surface area contributed by atoms with E-state index >= 15 is 0 Å². The van der Waals surface area contributed by atoms with Crippen LogP contribution in [0.3, 0.4) is 0 Å². The zero-order valence-corrected chi connectivity index (χ0v) is 14.2. The monoisotopic (exact) mass is 325 g/mol. The number of amides is 2. The third kappa shape index (κ3) is 3.35. The van der Waals surface area contributed by atoms with Crippen LogP contribution in [0.1, 0.15) is 23.2 Å². The summed E-state index contributed by atoms with van der Waals surface area (Å²) in [6.45, 7) is 1.28. The Bertz CT molecular complexity index is 697. The second kappa shape index (κ2) is 6.91. The molecule has 1 aromatic carbocycles. The molecule has 1 aromatic heterocycles. The summed E-state index contributed by atoms with van der Waals surface area (Å²) in [6.07, 6.45) is 5.43. The molecule has 0 bridgehead atoms. The highest BCUT2D eigenvalue weighted by molar-refractivity contribution is 5.94. The van der Waals surface area contributed by atoms with Gasteiger partial charge < -0.3 is 14.4 Å².